The number of hydrogen-bond donors (Lipinski definition) is 1. The highest BCUT2D eigenvalue weighted by Gasteiger charge is 2.24. The van der Waals surface area contributed by atoms with Gasteiger partial charge in [0.2, 0.25) is 5.91 Å². The van der Waals surface area contributed by atoms with Gasteiger partial charge in [-0.15, -0.1) is 0 Å². The van der Waals surface area contributed by atoms with Crippen LogP contribution in [0.1, 0.15) is 46.0 Å². The average molecular weight is 281 g/mol. The first-order chi connectivity index (χ1) is 9.69. The van der Waals surface area contributed by atoms with Crippen LogP contribution in [0.25, 0.3) is 0 Å². The molecule has 2 aliphatic rings. The fourth-order valence-corrected chi connectivity index (χ4v) is 3.32. The number of likely N-dealkylation sites (tertiary alicyclic amines) is 1. The van der Waals surface area contributed by atoms with Crippen LogP contribution in [0, 0.1) is 5.92 Å². The van der Waals surface area contributed by atoms with Gasteiger partial charge in [0, 0.05) is 25.7 Å². The molecule has 0 aromatic carbocycles. The van der Waals surface area contributed by atoms with Gasteiger partial charge in [0.05, 0.1) is 6.54 Å². The quantitative estimate of drug-likeness (QED) is 0.805. The molecule has 1 atom stereocenters. The Morgan fingerprint density at radius 2 is 2.05 bits per heavy atom. The largest absolute Gasteiger partial charge is 0.342 e. The summed E-state index contributed by atoms with van der Waals surface area (Å²) in [6, 6.07) is 0.593. The Morgan fingerprint density at radius 1 is 1.30 bits per heavy atom. The van der Waals surface area contributed by atoms with E-state index in [4.69, 9.17) is 0 Å². The van der Waals surface area contributed by atoms with Crippen LogP contribution < -0.4 is 5.32 Å². The lowest BCUT2D eigenvalue weighted by Crippen LogP contribution is -2.46. The molecule has 0 aromatic heterocycles. The van der Waals surface area contributed by atoms with Crippen molar-refractivity contribution in [1.29, 1.82) is 0 Å². The Kier molecular flexibility index (Phi) is 6.30. The molecule has 0 aromatic rings. The van der Waals surface area contributed by atoms with Crippen molar-refractivity contribution in [3.05, 3.63) is 0 Å². The Balaban J connectivity index is 1.78. The van der Waals surface area contributed by atoms with Crippen molar-refractivity contribution < 1.29 is 4.79 Å². The van der Waals surface area contributed by atoms with Crippen LogP contribution in [0.3, 0.4) is 0 Å². The zero-order valence-electron chi connectivity index (χ0n) is 13.2. The summed E-state index contributed by atoms with van der Waals surface area (Å²) in [6.07, 6.45) is 6.00. The number of nitrogens with one attached hydrogen (secondary N) is 1. The fraction of sp³-hybridized carbons (Fsp3) is 0.938. The van der Waals surface area contributed by atoms with Gasteiger partial charge in [-0.25, -0.2) is 0 Å². The van der Waals surface area contributed by atoms with Crippen LogP contribution in [0.2, 0.25) is 0 Å². The summed E-state index contributed by atoms with van der Waals surface area (Å²) < 4.78 is 0. The summed E-state index contributed by atoms with van der Waals surface area (Å²) in [5, 5.41) is 3.54. The molecule has 1 N–H and O–H groups in total. The van der Waals surface area contributed by atoms with Crippen molar-refractivity contribution in [3.8, 4) is 0 Å². The second-order valence-corrected chi connectivity index (χ2v) is 6.59. The van der Waals surface area contributed by atoms with E-state index >= 15 is 0 Å². The lowest BCUT2D eigenvalue weighted by Gasteiger charge is -2.33. The van der Waals surface area contributed by atoms with Crippen LogP contribution in [-0.2, 0) is 4.79 Å². The molecule has 4 heteroatoms. The van der Waals surface area contributed by atoms with Crippen LogP contribution >= 0.6 is 0 Å². The van der Waals surface area contributed by atoms with Gasteiger partial charge in [-0.1, -0.05) is 13.8 Å². The van der Waals surface area contributed by atoms with Gasteiger partial charge < -0.3 is 10.2 Å². The number of carbonyl (C=O) groups excluding carboxylic acids is 1. The molecule has 2 saturated heterocycles. The lowest BCUT2D eigenvalue weighted by molar-refractivity contribution is -0.133. The molecule has 116 valence electrons. The summed E-state index contributed by atoms with van der Waals surface area (Å²) in [5.74, 6) is 1.12. The molecule has 0 aliphatic carbocycles. The number of amides is 1. The van der Waals surface area contributed by atoms with Crippen molar-refractivity contribution in [2.24, 2.45) is 5.92 Å². The maximum absolute atomic E-state index is 12.4. The van der Waals surface area contributed by atoms with Crippen LogP contribution in [0.15, 0.2) is 0 Å². The zero-order valence-corrected chi connectivity index (χ0v) is 13.2. The van der Waals surface area contributed by atoms with E-state index in [1.807, 2.05) is 0 Å². The normalized spacial score (nSPS) is 24.6. The maximum atomic E-state index is 12.4. The molecule has 4 nitrogen and oxygen atoms in total. The number of hydrogen-bond acceptors (Lipinski definition) is 3. The van der Waals surface area contributed by atoms with E-state index in [-0.39, 0.29) is 0 Å². The predicted octanol–water partition coefficient (Wildman–Crippen LogP) is 1.71. The second kappa shape index (κ2) is 7.99. The van der Waals surface area contributed by atoms with E-state index in [1.165, 1.54) is 25.7 Å². The molecule has 0 spiro atoms. The van der Waals surface area contributed by atoms with Crippen molar-refractivity contribution in [1.82, 2.24) is 15.1 Å². The lowest BCUT2D eigenvalue weighted by atomic mass is 9.99. The van der Waals surface area contributed by atoms with Crippen LogP contribution in [0.5, 0.6) is 0 Å². The maximum Gasteiger partial charge on any atom is 0.236 e. The molecule has 1 unspecified atom stereocenters. The van der Waals surface area contributed by atoms with Crippen LogP contribution in [0.4, 0.5) is 0 Å². The van der Waals surface area contributed by atoms with Crippen molar-refractivity contribution >= 4 is 5.91 Å². The van der Waals surface area contributed by atoms with Gasteiger partial charge in [-0.05, 0) is 51.1 Å². The Bertz CT molecular complexity index is 294. The fourth-order valence-electron chi connectivity index (χ4n) is 3.32. The van der Waals surface area contributed by atoms with Crippen LogP contribution in [-0.4, -0.2) is 61.0 Å². The highest BCUT2D eigenvalue weighted by molar-refractivity contribution is 5.78. The topological polar surface area (TPSA) is 35.6 Å². The Morgan fingerprint density at radius 3 is 2.65 bits per heavy atom. The van der Waals surface area contributed by atoms with Gasteiger partial charge in [-0.2, -0.15) is 0 Å². The third-order valence-corrected chi connectivity index (χ3v) is 4.68. The smallest absolute Gasteiger partial charge is 0.236 e. The first-order valence-electron chi connectivity index (χ1n) is 8.42. The minimum Gasteiger partial charge on any atom is -0.342 e. The summed E-state index contributed by atoms with van der Waals surface area (Å²) in [6.45, 7) is 10.2. The second-order valence-electron chi connectivity index (χ2n) is 6.59. The summed E-state index contributed by atoms with van der Waals surface area (Å²) >= 11 is 0. The number of carbonyl (C=O) groups is 1. The minimum absolute atomic E-state index is 0.336. The van der Waals surface area contributed by atoms with Gasteiger partial charge in [0.25, 0.3) is 0 Å². The molecule has 0 bridgehead atoms. The van der Waals surface area contributed by atoms with Gasteiger partial charge in [-0.3, -0.25) is 9.69 Å². The molecule has 0 radical (unpaired) electrons. The Hall–Kier alpha value is -0.610. The number of rotatable bonds is 6. The molecule has 2 fully saturated rings. The predicted molar refractivity (Wildman–Crippen MR) is 82.7 cm³/mol. The zero-order chi connectivity index (χ0) is 14.4. The SMILES string of the molecule is CCCN(CC(=O)N1CCC(C)CC1)CC1CCCN1. The van der Waals surface area contributed by atoms with Crippen molar-refractivity contribution in [2.75, 3.05) is 39.3 Å². The number of nitrogens with zero attached hydrogens (tertiary/aromatic N) is 2. The third-order valence-electron chi connectivity index (χ3n) is 4.68. The summed E-state index contributed by atoms with van der Waals surface area (Å²) in [4.78, 5) is 16.9. The van der Waals surface area contributed by atoms with Gasteiger partial charge >= 0.3 is 0 Å². The van der Waals surface area contributed by atoms with E-state index < -0.39 is 0 Å². The standard InChI is InChI=1S/C16H31N3O/c1-3-9-18(12-15-5-4-8-17-15)13-16(20)19-10-6-14(2)7-11-19/h14-15,17H,3-13H2,1-2H3. The highest BCUT2D eigenvalue weighted by Crippen LogP contribution is 2.16. The minimum atomic E-state index is 0.336. The highest BCUT2D eigenvalue weighted by atomic mass is 16.2. The van der Waals surface area contributed by atoms with E-state index in [0.29, 0.717) is 18.5 Å². The summed E-state index contributed by atoms with van der Waals surface area (Å²) in [7, 11) is 0. The van der Waals surface area contributed by atoms with E-state index in [0.717, 1.165) is 45.1 Å². The van der Waals surface area contributed by atoms with E-state index in [2.05, 4.69) is 29.0 Å². The molecule has 20 heavy (non-hydrogen) atoms. The average Bonchev–Trinajstić information content (AvgIpc) is 2.92. The molecule has 2 heterocycles. The molecular formula is C16H31N3O. The van der Waals surface area contributed by atoms with E-state index in [9.17, 15) is 4.79 Å². The first kappa shape index (κ1) is 15.8. The molecular weight excluding hydrogens is 250 g/mol. The molecule has 2 rings (SSSR count). The Labute approximate surface area is 123 Å². The van der Waals surface area contributed by atoms with Gasteiger partial charge in [0.1, 0.15) is 0 Å². The molecule has 2 aliphatic heterocycles. The van der Waals surface area contributed by atoms with Gasteiger partial charge in [0.15, 0.2) is 0 Å². The molecule has 1 amide bonds. The van der Waals surface area contributed by atoms with Crippen molar-refractivity contribution in [3.63, 3.8) is 0 Å². The van der Waals surface area contributed by atoms with E-state index in [1.54, 1.807) is 0 Å². The summed E-state index contributed by atoms with van der Waals surface area (Å²) in [5.41, 5.74) is 0. The number of piperidine rings is 1. The van der Waals surface area contributed by atoms with Crippen molar-refractivity contribution in [2.45, 2.75) is 52.0 Å². The first-order valence-corrected chi connectivity index (χ1v) is 8.42. The monoisotopic (exact) mass is 281 g/mol. The third kappa shape index (κ3) is 4.74. The molecule has 0 saturated carbocycles.